The van der Waals surface area contributed by atoms with Gasteiger partial charge < -0.3 is 4.57 Å². The van der Waals surface area contributed by atoms with Gasteiger partial charge in [-0.2, -0.15) is 0 Å². The third-order valence-electron chi connectivity index (χ3n) is 4.81. The normalized spacial score (nSPS) is 10.5. The number of hydrogen-bond donors (Lipinski definition) is 0. The summed E-state index contributed by atoms with van der Waals surface area (Å²) in [5, 5.41) is 1.36. The van der Waals surface area contributed by atoms with Crippen LogP contribution in [0.25, 0.3) is 27.7 Å². The van der Waals surface area contributed by atoms with E-state index in [-0.39, 0.29) is 0 Å². The number of para-hydroxylation sites is 1. The highest BCUT2D eigenvalue weighted by Gasteiger charge is 2.14. The number of rotatable bonds is 3. The van der Waals surface area contributed by atoms with Crippen LogP contribution in [0.1, 0.15) is 32.0 Å². The Bertz CT molecular complexity index is 979. The summed E-state index contributed by atoms with van der Waals surface area (Å²) in [7, 11) is 0. The lowest BCUT2D eigenvalue weighted by Crippen LogP contribution is -1.97. The summed E-state index contributed by atoms with van der Waals surface area (Å²) in [6.45, 7) is 8.47. The SMILES string of the molecule is CC.CCc1c(C)n(-c2ccccc2)c2cc(-c3ccccc3)ccc12. The number of benzene rings is 3. The maximum Gasteiger partial charge on any atom is 0.0540 e. The number of aromatic nitrogens is 1. The van der Waals surface area contributed by atoms with Crippen LogP contribution in [0, 0.1) is 6.92 Å². The van der Waals surface area contributed by atoms with E-state index in [1.54, 1.807) is 0 Å². The molecule has 1 nitrogen and oxygen atoms in total. The fraction of sp³-hybridized carbons (Fsp3) is 0.200. The van der Waals surface area contributed by atoms with Crippen molar-refractivity contribution in [2.24, 2.45) is 0 Å². The molecule has 0 aliphatic rings. The van der Waals surface area contributed by atoms with Crippen molar-refractivity contribution in [1.29, 1.82) is 0 Å². The molecule has 0 radical (unpaired) electrons. The van der Waals surface area contributed by atoms with Crippen LogP contribution in [0.4, 0.5) is 0 Å². The molecule has 1 heteroatoms. The number of aryl methyl sites for hydroxylation is 1. The van der Waals surface area contributed by atoms with Gasteiger partial charge in [0.15, 0.2) is 0 Å². The first-order valence-electron chi connectivity index (χ1n) is 9.54. The Hall–Kier alpha value is -2.80. The van der Waals surface area contributed by atoms with Crippen LogP contribution in [-0.2, 0) is 6.42 Å². The highest BCUT2D eigenvalue weighted by molar-refractivity contribution is 5.91. The molecule has 0 amide bonds. The zero-order valence-electron chi connectivity index (χ0n) is 16.2. The molecule has 1 heterocycles. The Morgan fingerprint density at radius 2 is 1.35 bits per heavy atom. The molecular weight excluding hydrogens is 314 g/mol. The third kappa shape index (κ3) is 3.17. The van der Waals surface area contributed by atoms with E-state index in [0.29, 0.717) is 0 Å². The number of fused-ring (bicyclic) bond motifs is 1. The van der Waals surface area contributed by atoms with E-state index in [0.717, 1.165) is 6.42 Å². The van der Waals surface area contributed by atoms with Crippen LogP contribution < -0.4 is 0 Å². The fourth-order valence-electron chi connectivity index (χ4n) is 3.65. The minimum absolute atomic E-state index is 1.05. The maximum absolute atomic E-state index is 2.39. The molecule has 0 saturated carbocycles. The van der Waals surface area contributed by atoms with Gasteiger partial charge in [-0.1, -0.05) is 81.4 Å². The monoisotopic (exact) mass is 341 g/mol. The predicted molar refractivity (Wildman–Crippen MR) is 114 cm³/mol. The van der Waals surface area contributed by atoms with Crippen molar-refractivity contribution < 1.29 is 0 Å². The maximum atomic E-state index is 2.39. The lowest BCUT2D eigenvalue weighted by Gasteiger charge is -2.09. The summed E-state index contributed by atoms with van der Waals surface area (Å²) in [6, 6.07) is 28.1. The Morgan fingerprint density at radius 1 is 0.731 bits per heavy atom. The van der Waals surface area contributed by atoms with E-state index in [1.165, 1.54) is 39.0 Å². The molecule has 26 heavy (non-hydrogen) atoms. The molecular formula is C25H27N. The van der Waals surface area contributed by atoms with Gasteiger partial charge in [0.2, 0.25) is 0 Å². The van der Waals surface area contributed by atoms with E-state index >= 15 is 0 Å². The van der Waals surface area contributed by atoms with Gasteiger partial charge in [-0.25, -0.2) is 0 Å². The molecule has 4 aromatic rings. The Morgan fingerprint density at radius 3 is 1.96 bits per heavy atom. The zero-order chi connectivity index (χ0) is 18.5. The first kappa shape index (κ1) is 18.0. The second-order valence-electron chi connectivity index (χ2n) is 6.19. The lowest BCUT2D eigenvalue weighted by molar-refractivity contribution is 1.01. The Kier molecular flexibility index (Phi) is 5.58. The van der Waals surface area contributed by atoms with Crippen molar-refractivity contribution in [3.8, 4) is 16.8 Å². The van der Waals surface area contributed by atoms with Gasteiger partial charge in [0.25, 0.3) is 0 Å². The minimum atomic E-state index is 1.05. The molecule has 1 aromatic heterocycles. The van der Waals surface area contributed by atoms with Crippen LogP contribution in [0.15, 0.2) is 78.9 Å². The first-order chi connectivity index (χ1) is 12.8. The van der Waals surface area contributed by atoms with E-state index < -0.39 is 0 Å². The smallest absolute Gasteiger partial charge is 0.0540 e. The number of hydrogen-bond acceptors (Lipinski definition) is 0. The van der Waals surface area contributed by atoms with Gasteiger partial charge >= 0.3 is 0 Å². The zero-order valence-corrected chi connectivity index (χ0v) is 16.2. The molecule has 0 unspecified atom stereocenters. The third-order valence-corrected chi connectivity index (χ3v) is 4.81. The molecule has 0 saturated heterocycles. The van der Waals surface area contributed by atoms with Crippen LogP contribution in [0.3, 0.4) is 0 Å². The second kappa shape index (κ2) is 8.05. The topological polar surface area (TPSA) is 4.93 Å². The summed E-state index contributed by atoms with van der Waals surface area (Å²) in [5.41, 5.74) is 7.82. The van der Waals surface area contributed by atoms with Crippen molar-refractivity contribution in [2.75, 3.05) is 0 Å². The highest BCUT2D eigenvalue weighted by Crippen LogP contribution is 2.32. The average molecular weight is 341 g/mol. The van der Waals surface area contributed by atoms with Gasteiger partial charge in [-0.05, 0) is 48.2 Å². The average Bonchev–Trinajstić information content (AvgIpc) is 3.01. The van der Waals surface area contributed by atoms with E-state index in [9.17, 15) is 0 Å². The first-order valence-corrected chi connectivity index (χ1v) is 9.54. The molecule has 3 aromatic carbocycles. The largest absolute Gasteiger partial charge is 0.314 e. The van der Waals surface area contributed by atoms with Crippen LogP contribution in [0.2, 0.25) is 0 Å². The molecule has 0 aliphatic carbocycles. The van der Waals surface area contributed by atoms with E-state index in [1.807, 2.05) is 13.8 Å². The standard InChI is InChI=1S/C23H21N.C2H6/c1-3-21-17(2)24(20-12-8-5-9-13-20)23-16-19(14-15-22(21)23)18-10-6-4-7-11-18;1-2/h4-16H,3H2,1-2H3;1-2H3. The molecule has 0 spiro atoms. The summed E-state index contributed by atoms with van der Waals surface area (Å²) >= 11 is 0. The molecule has 0 fully saturated rings. The lowest BCUT2D eigenvalue weighted by atomic mass is 10.0. The second-order valence-corrected chi connectivity index (χ2v) is 6.19. The molecule has 0 atom stereocenters. The van der Waals surface area contributed by atoms with Crippen molar-refractivity contribution in [3.63, 3.8) is 0 Å². The number of nitrogens with zero attached hydrogens (tertiary/aromatic N) is 1. The highest BCUT2D eigenvalue weighted by atomic mass is 15.0. The summed E-state index contributed by atoms with van der Waals surface area (Å²) in [6.07, 6.45) is 1.05. The van der Waals surface area contributed by atoms with E-state index in [2.05, 4.69) is 97.3 Å². The summed E-state index contributed by atoms with van der Waals surface area (Å²) < 4.78 is 2.39. The quantitative estimate of drug-likeness (QED) is 0.371. The van der Waals surface area contributed by atoms with Crippen LogP contribution in [0.5, 0.6) is 0 Å². The van der Waals surface area contributed by atoms with Gasteiger partial charge in [0.1, 0.15) is 0 Å². The van der Waals surface area contributed by atoms with E-state index in [4.69, 9.17) is 0 Å². The summed E-state index contributed by atoms with van der Waals surface area (Å²) in [5.74, 6) is 0. The van der Waals surface area contributed by atoms with Crippen molar-refractivity contribution in [1.82, 2.24) is 4.57 Å². The Labute approximate surface area is 156 Å². The van der Waals surface area contributed by atoms with Crippen molar-refractivity contribution in [3.05, 3.63) is 90.1 Å². The van der Waals surface area contributed by atoms with Crippen LogP contribution >= 0.6 is 0 Å². The molecule has 4 rings (SSSR count). The van der Waals surface area contributed by atoms with Gasteiger partial charge in [-0.15, -0.1) is 0 Å². The van der Waals surface area contributed by atoms with Gasteiger partial charge in [-0.3, -0.25) is 0 Å². The van der Waals surface area contributed by atoms with Gasteiger partial charge in [0, 0.05) is 16.8 Å². The molecule has 0 N–H and O–H groups in total. The predicted octanol–water partition coefficient (Wildman–Crippen LogP) is 7.19. The minimum Gasteiger partial charge on any atom is -0.314 e. The molecule has 132 valence electrons. The molecule has 0 aliphatic heterocycles. The summed E-state index contributed by atoms with van der Waals surface area (Å²) in [4.78, 5) is 0. The van der Waals surface area contributed by atoms with Gasteiger partial charge in [0.05, 0.1) is 5.52 Å². The Balaban J connectivity index is 0.000000948. The fourth-order valence-corrected chi connectivity index (χ4v) is 3.65. The van der Waals surface area contributed by atoms with Crippen molar-refractivity contribution in [2.45, 2.75) is 34.1 Å². The van der Waals surface area contributed by atoms with Crippen LogP contribution in [-0.4, -0.2) is 4.57 Å². The molecule has 0 bridgehead atoms. The van der Waals surface area contributed by atoms with Crippen molar-refractivity contribution >= 4 is 10.9 Å².